The Morgan fingerprint density at radius 2 is 2.00 bits per heavy atom. The van der Waals surface area contributed by atoms with Gasteiger partial charge in [-0.05, 0) is 42.9 Å². The van der Waals surface area contributed by atoms with Gasteiger partial charge < -0.3 is 5.11 Å². The molecule has 0 aromatic carbocycles. The summed E-state index contributed by atoms with van der Waals surface area (Å²) < 4.78 is 0. The molecular formula is C13H22O2. The Labute approximate surface area is 92.1 Å². The second-order valence-electron chi connectivity index (χ2n) is 6.42. The van der Waals surface area contributed by atoms with E-state index in [9.17, 15) is 9.90 Å². The fraction of sp³-hybridized carbons (Fsp3) is 0.923. The number of aliphatic hydroxyl groups is 1. The predicted molar refractivity (Wildman–Crippen MR) is 59.5 cm³/mol. The van der Waals surface area contributed by atoms with Gasteiger partial charge in [0.2, 0.25) is 0 Å². The van der Waals surface area contributed by atoms with E-state index in [4.69, 9.17) is 0 Å². The number of hydrogen-bond donors (Lipinski definition) is 1. The van der Waals surface area contributed by atoms with Crippen LogP contribution in [0, 0.1) is 17.3 Å². The lowest BCUT2D eigenvalue weighted by atomic mass is 9.64. The molecule has 1 N–H and O–H groups in total. The van der Waals surface area contributed by atoms with Gasteiger partial charge in [0.15, 0.2) is 5.78 Å². The molecular weight excluding hydrogens is 188 g/mol. The van der Waals surface area contributed by atoms with E-state index >= 15 is 0 Å². The number of hydrogen-bond acceptors (Lipinski definition) is 2. The highest BCUT2D eigenvalue weighted by molar-refractivity contribution is 5.89. The van der Waals surface area contributed by atoms with Crippen LogP contribution in [0.15, 0.2) is 0 Å². The average molecular weight is 210 g/mol. The van der Waals surface area contributed by atoms with Crippen LogP contribution in [0.3, 0.4) is 0 Å². The topological polar surface area (TPSA) is 37.3 Å². The lowest BCUT2D eigenvalue weighted by Crippen LogP contribution is -2.46. The van der Waals surface area contributed by atoms with Crippen LogP contribution in [0.25, 0.3) is 0 Å². The standard InChI is InChI=1S/C13H22O2/c1-12(2,3)9-6-7-13(15)10(8-9)4-5-11(13)14/h9-10,15H,4-8H2,1-3H3/t9-,10-,13+/m0/s1. The molecule has 3 atom stereocenters. The van der Waals surface area contributed by atoms with Crippen LogP contribution >= 0.6 is 0 Å². The molecule has 0 aromatic rings. The Morgan fingerprint density at radius 3 is 2.60 bits per heavy atom. The summed E-state index contributed by atoms with van der Waals surface area (Å²) in [5.41, 5.74) is -0.630. The van der Waals surface area contributed by atoms with Gasteiger partial charge in [-0.2, -0.15) is 0 Å². The molecule has 0 aliphatic heterocycles. The van der Waals surface area contributed by atoms with E-state index in [1.807, 2.05) is 0 Å². The number of carbonyl (C=O) groups is 1. The highest BCUT2D eigenvalue weighted by atomic mass is 16.3. The summed E-state index contributed by atoms with van der Waals surface area (Å²) in [6, 6.07) is 0. The first-order valence-electron chi connectivity index (χ1n) is 6.10. The lowest BCUT2D eigenvalue weighted by molar-refractivity contribution is -0.142. The van der Waals surface area contributed by atoms with E-state index in [-0.39, 0.29) is 11.7 Å². The minimum absolute atomic E-state index is 0.0971. The molecule has 2 saturated carbocycles. The summed E-state index contributed by atoms with van der Waals surface area (Å²) in [5, 5.41) is 10.3. The molecule has 0 saturated heterocycles. The van der Waals surface area contributed by atoms with Crippen molar-refractivity contribution in [1.29, 1.82) is 0 Å². The van der Waals surface area contributed by atoms with Gasteiger partial charge >= 0.3 is 0 Å². The van der Waals surface area contributed by atoms with Gasteiger partial charge in [0.25, 0.3) is 0 Å². The summed E-state index contributed by atoms with van der Waals surface area (Å²) in [6.07, 6.45) is 4.23. The predicted octanol–water partition coefficient (Wildman–Crippen LogP) is 2.54. The highest BCUT2D eigenvalue weighted by Crippen LogP contribution is 2.49. The third-order valence-electron chi connectivity index (χ3n) is 4.55. The Bertz CT molecular complexity index is 277. The molecule has 0 amide bonds. The quantitative estimate of drug-likeness (QED) is 0.667. The second-order valence-corrected chi connectivity index (χ2v) is 6.42. The molecule has 2 nitrogen and oxygen atoms in total. The first kappa shape index (κ1) is 11.1. The van der Waals surface area contributed by atoms with Crippen LogP contribution in [0.5, 0.6) is 0 Å². The van der Waals surface area contributed by atoms with Crippen molar-refractivity contribution in [2.45, 2.75) is 58.5 Å². The maximum Gasteiger partial charge on any atom is 0.164 e. The minimum atomic E-state index is -0.943. The summed E-state index contributed by atoms with van der Waals surface area (Å²) in [5.74, 6) is 0.997. The van der Waals surface area contributed by atoms with Crippen molar-refractivity contribution < 1.29 is 9.90 Å². The molecule has 2 fully saturated rings. The zero-order valence-electron chi connectivity index (χ0n) is 10.0. The molecule has 2 heteroatoms. The van der Waals surface area contributed by atoms with Gasteiger partial charge in [-0.25, -0.2) is 0 Å². The van der Waals surface area contributed by atoms with E-state index in [1.165, 1.54) is 0 Å². The summed E-state index contributed by atoms with van der Waals surface area (Å²) in [4.78, 5) is 11.6. The number of Topliss-reactive ketones (excluding diaryl/α,β-unsaturated/α-hetero) is 1. The van der Waals surface area contributed by atoms with Crippen molar-refractivity contribution in [3.05, 3.63) is 0 Å². The van der Waals surface area contributed by atoms with Crippen LogP contribution in [-0.4, -0.2) is 16.5 Å². The molecule has 0 aromatic heterocycles. The Balaban J connectivity index is 2.13. The molecule has 2 aliphatic rings. The van der Waals surface area contributed by atoms with E-state index in [0.29, 0.717) is 24.2 Å². The summed E-state index contributed by atoms with van der Waals surface area (Å²) in [6.45, 7) is 6.79. The third kappa shape index (κ3) is 1.73. The van der Waals surface area contributed by atoms with Crippen molar-refractivity contribution in [3.63, 3.8) is 0 Å². The molecule has 0 spiro atoms. The van der Waals surface area contributed by atoms with Crippen LogP contribution < -0.4 is 0 Å². The molecule has 2 rings (SSSR count). The average Bonchev–Trinajstić information content (AvgIpc) is 2.41. The molecule has 0 radical (unpaired) electrons. The zero-order valence-corrected chi connectivity index (χ0v) is 10.0. The van der Waals surface area contributed by atoms with Gasteiger partial charge in [0, 0.05) is 6.42 Å². The number of carbonyl (C=O) groups excluding carboxylic acids is 1. The lowest BCUT2D eigenvalue weighted by Gasteiger charge is -2.42. The molecule has 0 heterocycles. The maximum atomic E-state index is 11.6. The van der Waals surface area contributed by atoms with Gasteiger partial charge in [-0.3, -0.25) is 4.79 Å². The van der Waals surface area contributed by atoms with Crippen molar-refractivity contribution in [2.75, 3.05) is 0 Å². The minimum Gasteiger partial charge on any atom is -0.382 e. The zero-order chi connectivity index (χ0) is 11.3. The normalized spacial score (nSPS) is 41.7. The van der Waals surface area contributed by atoms with Gasteiger partial charge in [-0.15, -0.1) is 0 Å². The first-order chi connectivity index (χ1) is 6.84. The molecule has 2 aliphatic carbocycles. The third-order valence-corrected chi connectivity index (χ3v) is 4.55. The van der Waals surface area contributed by atoms with Gasteiger partial charge in [-0.1, -0.05) is 20.8 Å². The number of fused-ring (bicyclic) bond motifs is 1. The fourth-order valence-corrected chi connectivity index (χ4v) is 3.29. The maximum absolute atomic E-state index is 11.6. The molecule has 86 valence electrons. The first-order valence-corrected chi connectivity index (χ1v) is 6.10. The Hall–Kier alpha value is -0.370. The van der Waals surface area contributed by atoms with Crippen LogP contribution in [0.1, 0.15) is 52.9 Å². The molecule has 0 unspecified atom stereocenters. The van der Waals surface area contributed by atoms with Crippen molar-refractivity contribution in [3.8, 4) is 0 Å². The van der Waals surface area contributed by atoms with Crippen molar-refractivity contribution >= 4 is 5.78 Å². The second kappa shape index (κ2) is 3.31. The molecule has 0 bridgehead atoms. The van der Waals surface area contributed by atoms with Crippen LogP contribution in [-0.2, 0) is 4.79 Å². The van der Waals surface area contributed by atoms with E-state index in [2.05, 4.69) is 20.8 Å². The van der Waals surface area contributed by atoms with Crippen molar-refractivity contribution in [2.24, 2.45) is 17.3 Å². The number of rotatable bonds is 0. The number of ketones is 1. The molecule has 15 heavy (non-hydrogen) atoms. The fourth-order valence-electron chi connectivity index (χ4n) is 3.29. The van der Waals surface area contributed by atoms with Gasteiger partial charge in [0.05, 0.1) is 0 Å². The summed E-state index contributed by atoms with van der Waals surface area (Å²) >= 11 is 0. The Morgan fingerprint density at radius 1 is 1.33 bits per heavy atom. The monoisotopic (exact) mass is 210 g/mol. The van der Waals surface area contributed by atoms with E-state index < -0.39 is 5.60 Å². The van der Waals surface area contributed by atoms with Crippen molar-refractivity contribution in [1.82, 2.24) is 0 Å². The highest BCUT2D eigenvalue weighted by Gasteiger charge is 2.52. The van der Waals surface area contributed by atoms with Crippen LogP contribution in [0.4, 0.5) is 0 Å². The largest absolute Gasteiger partial charge is 0.382 e. The van der Waals surface area contributed by atoms with E-state index in [0.717, 1.165) is 19.3 Å². The smallest absolute Gasteiger partial charge is 0.164 e. The van der Waals surface area contributed by atoms with Crippen LogP contribution in [0.2, 0.25) is 0 Å². The SMILES string of the molecule is CC(C)(C)[C@H]1CC[C@]2(O)C(=O)CC[C@H]2C1. The Kier molecular flexibility index (Phi) is 2.45. The van der Waals surface area contributed by atoms with E-state index in [1.54, 1.807) is 0 Å². The summed E-state index contributed by atoms with van der Waals surface area (Å²) in [7, 11) is 0. The van der Waals surface area contributed by atoms with Gasteiger partial charge in [0.1, 0.15) is 5.60 Å².